The van der Waals surface area contributed by atoms with E-state index < -0.39 is 0 Å². The minimum Gasteiger partial charge on any atom is -0.359 e. The highest BCUT2D eigenvalue weighted by Crippen LogP contribution is 2.15. The van der Waals surface area contributed by atoms with Crippen molar-refractivity contribution in [3.05, 3.63) is 23.4 Å². The number of rotatable bonds is 5. The summed E-state index contributed by atoms with van der Waals surface area (Å²) in [6, 6.07) is 4.08. The maximum atomic E-state index is 5.83. The van der Waals surface area contributed by atoms with Crippen LogP contribution in [0.2, 0.25) is 0 Å². The second-order valence-electron chi connectivity index (χ2n) is 3.52. The molecule has 0 atom stereocenters. The molecule has 0 amide bonds. The topological polar surface area (TPSA) is 16.1 Å². The van der Waals surface area contributed by atoms with E-state index in [4.69, 9.17) is 11.6 Å². The van der Waals surface area contributed by atoms with E-state index in [0.29, 0.717) is 5.88 Å². The van der Waals surface area contributed by atoms with Crippen molar-refractivity contribution in [2.45, 2.75) is 12.8 Å². The van der Waals surface area contributed by atoms with Crippen LogP contribution in [0.25, 0.3) is 0 Å². The van der Waals surface area contributed by atoms with Crippen LogP contribution in [0.4, 0.5) is 5.82 Å². The van der Waals surface area contributed by atoms with E-state index in [2.05, 4.69) is 29.3 Å². The fourth-order valence-electron chi connectivity index (χ4n) is 1.34. The Balaban J connectivity index is 2.78. The van der Waals surface area contributed by atoms with Gasteiger partial charge in [-0.2, -0.15) is 11.8 Å². The highest BCUT2D eigenvalue weighted by atomic mass is 35.5. The molecule has 0 aliphatic rings. The molecule has 1 aromatic rings. The Morgan fingerprint density at radius 1 is 1.47 bits per heavy atom. The first-order valence-corrected chi connectivity index (χ1v) is 6.84. The van der Waals surface area contributed by atoms with Crippen LogP contribution in [-0.2, 0) is 5.88 Å². The summed E-state index contributed by atoms with van der Waals surface area (Å²) in [4.78, 5) is 6.66. The fourth-order valence-corrected chi connectivity index (χ4v) is 1.95. The molecule has 84 valence electrons. The Morgan fingerprint density at radius 2 is 2.20 bits per heavy atom. The number of pyridine rings is 1. The Morgan fingerprint density at radius 3 is 2.80 bits per heavy atom. The lowest BCUT2D eigenvalue weighted by molar-refractivity contribution is 0.935. The Hall–Kier alpha value is -0.410. The molecule has 0 spiro atoms. The Kier molecular flexibility index (Phi) is 5.26. The van der Waals surface area contributed by atoms with E-state index in [1.165, 1.54) is 0 Å². The van der Waals surface area contributed by atoms with Gasteiger partial charge in [0.2, 0.25) is 0 Å². The van der Waals surface area contributed by atoms with E-state index in [1.54, 1.807) is 0 Å². The molecule has 0 fully saturated rings. The molecule has 0 bridgehead atoms. The monoisotopic (exact) mass is 244 g/mol. The van der Waals surface area contributed by atoms with Gasteiger partial charge in [-0.25, -0.2) is 4.98 Å². The molecule has 15 heavy (non-hydrogen) atoms. The average Bonchev–Trinajstić information content (AvgIpc) is 2.24. The summed E-state index contributed by atoms with van der Waals surface area (Å²) in [7, 11) is 2.07. The van der Waals surface area contributed by atoms with Crippen LogP contribution < -0.4 is 4.90 Å². The first-order chi connectivity index (χ1) is 7.17. The van der Waals surface area contributed by atoms with Crippen LogP contribution in [0.1, 0.15) is 11.3 Å². The van der Waals surface area contributed by atoms with Gasteiger partial charge in [-0.05, 0) is 30.9 Å². The number of halogens is 1. The molecule has 0 aromatic carbocycles. The van der Waals surface area contributed by atoms with Gasteiger partial charge in [0.15, 0.2) is 0 Å². The van der Waals surface area contributed by atoms with E-state index in [1.807, 2.05) is 24.8 Å². The molecule has 0 saturated heterocycles. The summed E-state index contributed by atoms with van der Waals surface area (Å²) in [5, 5.41) is 0. The van der Waals surface area contributed by atoms with Gasteiger partial charge in [-0.1, -0.05) is 0 Å². The second kappa shape index (κ2) is 6.23. The zero-order valence-corrected chi connectivity index (χ0v) is 11.0. The predicted octanol–water partition coefficient (Wildman–Crippen LogP) is 2.93. The highest BCUT2D eigenvalue weighted by molar-refractivity contribution is 7.98. The smallest absolute Gasteiger partial charge is 0.128 e. The number of thioether (sulfide) groups is 1. The number of nitrogens with zero attached hydrogens (tertiary/aromatic N) is 2. The van der Waals surface area contributed by atoms with Crippen molar-refractivity contribution >= 4 is 29.2 Å². The highest BCUT2D eigenvalue weighted by Gasteiger charge is 2.04. The maximum Gasteiger partial charge on any atom is 0.128 e. The van der Waals surface area contributed by atoms with Crippen LogP contribution in [0.15, 0.2) is 12.1 Å². The number of aromatic nitrogens is 1. The Bertz CT molecular complexity index is 317. The molecule has 0 aliphatic carbocycles. The van der Waals surface area contributed by atoms with Crippen molar-refractivity contribution in [1.29, 1.82) is 0 Å². The average molecular weight is 245 g/mol. The molecule has 1 aromatic heterocycles. The fraction of sp³-hybridized carbons (Fsp3) is 0.545. The lowest BCUT2D eigenvalue weighted by atomic mass is 10.2. The lowest BCUT2D eigenvalue weighted by Crippen LogP contribution is -2.21. The number of hydrogen-bond acceptors (Lipinski definition) is 3. The molecule has 4 heteroatoms. The van der Waals surface area contributed by atoms with Crippen LogP contribution in [0.5, 0.6) is 0 Å². The summed E-state index contributed by atoms with van der Waals surface area (Å²) < 4.78 is 0. The van der Waals surface area contributed by atoms with Crippen molar-refractivity contribution in [3.63, 3.8) is 0 Å². The first kappa shape index (κ1) is 12.7. The Labute approximate surface area is 101 Å². The zero-order chi connectivity index (χ0) is 11.3. The molecule has 1 rings (SSSR count). The summed E-state index contributed by atoms with van der Waals surface area (Å²) in [6.07, 6.45) is 2.11. The van der Waals surface area contributed by atoms with Crippen LogP contribution in [0, 0.1) is 6.92 Å². The molecule has 0 unspecified atom stereocenters. The van der Waals surface area contributed by atoms with E-state index in [-0.39, 0.29) is 0 Å². The molecule has 0 N–H and O–H groups in total. The summed E-state index contributed by atoms with van der Waals surface area (Å²) in [5.41, 5.74) is 2.16. The van der Waals surface area contributed by atoms with Crippen LogP contribution in [-0.4, -0.2) is 30.6 Å². The molecule has 0 radical (unpaired) electrons. The summed E-state index contributed by atoms with van der Waals surface area (Å²) >= 11 is 7.67. The van der Waals surface area contributed by atoms with Gasteiger partial charge in [-0.15, -0.1) is 11.6 Å². The molecule has 0 aliphatic heterocycles. The minimum absolute atomic E-state index is 0.548. The van der Waals surface area contributed by atoms with Gasteiger partial charge in [0, 0.05) is 30.9 Å². The van der Waals surface area contributed by atoms with Crippen LogP contribution in [0.3, 0.4) is 0 Å². The van der Waals surface area contributed by atoms with Gasteiger partial charge in [0.05, 0.1) is 0 Å². The maximum absolute atomic E-state index is 5.83. The molecular weight excluding hydrogens is 228 g/mol. The summed E-state index contributed by atoms with van der Waals surface area (Å²) in [5.74, 6) is 2.68. The quantitative estimate of drug-likeness (QED) is 0.741. The van der Waals surface area contributed by atoms with E-state index >= 15 is 0 Å². The van der Waals surface area contributed by atoms with Crippen LogP contribution >= 0.6 is 23.4 Å². The third-order valence-electron chi connectivity index (χ3n) is 2.18. The van der Waals surface area contributed by atoms with Gasteiger partial charge in [0.1, 0.15) is 5.82 Å². The number of hydrogen-bond donors (Lipinski definition) is 0. The van der Waals surface area contributed by atoms with E-state index in [0.717, 1.165) is 29.4 Å². The van der Waals surface area contributed by atoms with Gasteiger partial charge in [0.25, 0.3) is 0 Å². The van der Waals surface area contributed by atoms with Crippen molar-refractivity contribution < 1.29 is 0 Å². The number of anilines is 1. The third kappa shape index (κ3) is 3.92. The molecule has 0 saturated carbocycles. The zero-order valence-electron chi connectivity index (χ0n) is 9.46. The molecular formula is C11H17ClN2S. The number of alkyl halides is 1. The lowest BCUT2D eigenvalue weighted by Gasteiger charge is -2.18. The van der Waals surface area contributed by atoms with Crippen molar-refractivity contribution in [3.8, 4) is 0 Å². The van der Waals surface area contributed by atoms with Crippen molar-refractivity contribution in [2.24, 2.45) is 0 Å². The minimum atomic E-state index is 0.548. The van der Waals surface area contributed by atoms with Crippen molar-refractivity contribution in [1.82, 2.24) is 4.98 Å². The first-order valence-electron chi connectivity index (χ1n) is 4.91. The molecule has 1 heterocycles. The standard InChI is InChI=1S/C11H17ClN2S/c1-9-6-10(8-12)7-11(13-9)14(2)4-5-15-3/h6-7H,4-5,8H2,1-3H3. The van der Waals surface area contributed by atoms with Crippen molar-refractivity contribution in [2.75, 3.05) is 30.5 Å². The van der Waals surface area contributed by atoms with Gasteiger partial charge < -0.3 is 4.90 Å². The number of aryl methyl sites for hydroxylation is 1. The SMILES string of the molecule is CSCCN(C)c1cc(CCl)cc(C)n1. The summed E-state index contributed by atoms with van der Waals surface area (Å²) in [6.45, 7) is 3.02. The van der Waals surface area contributed by atoms with E-state index in [9.17, 15) is 0 Å². The normalized spacial score (nSPS) is 10.4. The largest absolute Gasteiger partial charge is 0.359 e. The predicted molar refractivity (Wildman–Crippen MR) is 70.2 cm³/mol. The van der Waals surface area contributed by atoms with Gasteiger partial charge in [-0.3, -0.25) is 0 Å². The second-order valence-corrected chi connectivity index (χ2v) is 4.78. The third-order valence-corrected chi connectivity index (χ3v) is 3.08. The van der Waals surface area contributed by atoms with Gasteiger partial charge >= 0.3 is 0 Å². The molecule has 2 nitrogen and oxygen atoms in total.